The van der Waals surface area contributed by atoms with Crippen LogP contribution in [0.4, 0.5) is 21.5 Å². The molecule has 0 aliphatic heterocycles. The quantitative estimate of drug-likeness (QED) is 0.632. The molecule has 3 rings (SSSR count). The van der Waals surface area contributed by atoms with Crippen molar-refractivity contribution in [1.82, 2.24) is 0 Å². The summed E-state index contributed by atoms with van der Waals surface area (Å²) >= 11 is 0. The van der Waals surface area contributed by atoms with E-state index in [9.17, 15) is 9.18 Å². The molecule has 3 aromatic rings. The lowest BCUT2D eigenvalue weighted by Gasteiger charge is -2.09. The Balaban J connectivity index is 1.46. The lowest BCUT2D eigenvalue weighted by atomic mass is 10.2. The van der Waals surface area contributed by atoms with Crippen molar-refractivity contribution < 1.29 is 13.9 Å². The molecule has 0 spiro atoms. The van der Waals surface area contributed by atoms with Crippen molar-refractivity contribution in [3.63, 3.8) is 0 Å². The van der Waals surface area contributed by atoms with Gasteiger partial charge in [0.1, 0.15) is 11.6 Å². The third-order valence-corrected chi connectivity index (χ3v) is 3.62. The van der Waals surface area contributed by atoms with E-state index < -0.39 is 0 Å². The number of carbonyl (C=O) groups is 1. The van der Waals surface area contributed by atoms with Crippen molar-refractivity contribution in [1.29, 1.82) is 0 Å². The number of hydrogen-bond donors (Lipinski definition) is 2. The van der Waals surface area contributed by atoms with Crippen LogP contribution < -0.4 is 15.4 Å². The molecule has 0 aliphatic carbocycles. The molecule has 0 fully saturated rings. The van der Waals surface area contributed by atoms with E-state index in [1.165, 1.54) is 12.1 Å². The van der Waals surface area contributed by atoms with Gasteiger partial charge < -0.3 is 15.4 Å². The van der Waals surface area contributed by atoms with Crippen LogP contribution in [0, 0.1) is 5.82 Å². The lowest BCUT2D eigenvalue weighted by molar-refractivity contribution is -0.116. The summed E-state index contributed by atoms with van der Waals surface area (Å²) in [6.45, 7) is 0.315. The van der Waals surface area contributed by atoms with E-state index in [4.69, 9.17) is 4.74 Å². The summed E-state index contributed by atoms with van der Waals surface area (Å²) < 4.78 is 18.7. The van der Waals surface area contributed by atoms with Gasteiger partial charge in [-0.25, -0.2) is 4.39 Å². The third-order valence-electron chi connectivity index (χ3n) is 3.62. The van der Waals surface area contributed by atoms with Gasteiger partial charge >= 0.3 is 0 Å². The zero-order valence-corrected chi connectivity index (χ0v) is 14.1. The lowest BCUT2D eigenvalue weighted by Crippen LogP contribution is -2.15. The maximum atomic E-state index is 13.2. The molecule has 0 radical (unpaired) electrons. The van der Waals surface area contributed by atoms with Crippen LogP contribution in [0.3, 0.4) is 0 Å². The number of halogens is 1. The van der Waals surface area contributed by atoms with Crippen LogP contribution in [0.1, 0.15) is 6.42 Å². The van der Waals surface area contributed by atoms with Gasteiger partial charge in [0.2, 0.25) is 5.91 Å². The Hall–Kier alpha value is -3.34. The molecule has 0 saturated heterocycles. The van der Waals surface area contributed by atoms with Crippen molar-refractivity contribution in [3.05, 3.63) is 84.7 Å². The highest BCUT2D eigenvalue weighted by atomic mass is 19.1. The minimum atomic E-state index is -0.295. The van der Waals surface area contributed by atoms with Crippen LogP contribution in [0.15, 0.2) is 78.9 Å². The molecule has 0 heterocycles. The average molecular weight is 350 g/mol. The Morgan fingerprint density at radius 2 is 1.58 bits per heavy atom. The second-order valence-corrected chi connectivity index (χ2v) is 5.67. The molecule has 2 N–H and O–H groups in total. The number of nitrogens with one attached hydrogen (secondary N) is 2. The first-order valence-corrected chi connectivity index (χ1v) is 8.29. The van der Waals surface area contributed by atoms with E-state index in [1.807, 2.05) is 42.5 Å². The summed E-state index contributed by atoms with van der Waals surface area (Å²) in [5, 5.41) is 5.93. The largest absolute Gasteiger partial charge is 0.493 e. The maximum Gasteiger partial charge on any atom is 0.227 e. The fourth-order valence-corrected chi connectivity index (χ4v) is 2.37. The van der Waals surface area contributed by atoms with E-state index in [-0.39, 0.29) is 18.1 Å². The summed E-state index contributed by atoms with van der Waals surface area (Å²) in [5.41, 5.74) is 2.17. The normalized spacial score (nSPS) is 10.2. The first-order chi connectivity index (χ1) is 12.7. The smallest absolute Gasteiger partial charge is 0.227 e. The third kappa shape index (κ3) is 5.34. The number of amides is 1. The van der Waals surface area contributed by atoms with Crippen molar-refractivity contribution >= 4 is 23.0 Å². The minimum absolute atomic E-state index is 0.119. The summed E-state index contributed by atoms with van der Waals surface area (Å²) in [4.78, 5) is 12.0. The SMILES string of the molecule is O=C(CCOc1ccccc1)Nc1ccc(Nc2cccc(F)c2)cc1. The Morgan fingerprint density at radius 3 is 2.31 bits per heavy atom. The molecule has 3 aromatic carbocycles. The number of benzene rings is 3. The number of anilines is 3. The molecule has 0 aromatic heterocycles. The maximum absolute atomic E-state index is 13.2. The van der Waals surface area contributed by atoms with Gasteiger partial charge in [-0.15, -0.1) is 0 Å². The Morgan fingerprint density at radius 1 is 0.846 bits per heavy atom. The van der Waals surface area contributed by atoms with Crippen LogP contribution in [0.2, 0.25) is 0 Å². The van der Waals surface area contributed by atoms with Crippen molar-refractivity contribution in [3.8, 4) is 5.75 Å². The highest BCUT2D eigenvalue weighted by Gasteiger charge is 2.04. The molecule has 1 amide bonds. The van der Waals surface area contributed by atoms with E-state index in [1.54, 1.807) is 24.3 Å². The molecule has 0 atom stereocenters. The molecule has 0 aliphatic rings. The minimum Gasteiger partial charge on any atom is -0.493 e. The van der Waals surface area contributed by atoms with Crippen LogP contribution in [-0.2, 0) is 4.79 Å². The first-order valence-electron chi connectivity index (χ1n) is 8.29. The van der Waals surface area contributed by atoms with Gasteiger partial charge in [-0.1, -0.05) is 24.3 Å². The molecule has 0 saturated carbocycles. The van der Waals surface area contributed by atoms with E-state index >= 15 is 0 Å². The number of rotatable bonds is 7. The predicted octanol–water partition coefficient (Wildman–Crippen LogP) is 4.98. The van der Waals surface area contributed by atoms with Crippen LogP contribution in [-0.4, -0.2) is 12.5 Å². The Labute approximate surface area is 151 Å². The standard InChI is InChI=1S/C21H19FN2O2/c22-16-5-4-6-19(15-16)23-17-9-11-18(12-10-17)24-21(25)13-14-26-20-7-2-1-3-8-20/h1-12,15,23H,13-14H2,(H,24,25). The summed E-state index contributed by atoms with van der Waals surface area (Å²) in [5.74, 6) is 0.330. The van der Waals surface area contributed by atoms with Crippen molar-refractivity contribution in [2.45, 2.75) is 6.42 Å². The zero-order valence-electron chi connectivity index (χ0n) is 14.1. The average Bonchev–Trinajstić information content (AvgIpc) is 2.64. The molecular weight excluding hydrogens is 331 g/mol. The number of ether oxygens (including phenoxy) is 1. The monoisotopic (exact) mass is 350 g/mol. The molecular formula is C21H19FN2O2. The number of hydrogen-bond acceptors (Lipinski definition) is 3. The highest BCUT2D eigenvalue weighted by Crippen LogP contribution is 2.19. The van der Waals surface area contributed by atoms with Gasteiger partial charge in [0.25, 0.3) is 0 Å². The molecule has 26 heavy (non-hydrogen) atoms. The second-order valence-electron chi connectivity index (χ2n) is 5.67. The first kappa shape index (κ1) is 17.5. The fraction of sp³-hybridized carbons (Fsp3) is 0.0952. The van der Waals surface area contributed by atoms with Gasteiger partial charge in [-0.2, -0.15) is 0 Å². The van der Waals surface area contributed by atoms with Gasteiger partial charge in [0.05, 0.1) is 13.0 Å². The van der Waals surface area contributed by atoms with E-state index in [2.05, 4.69) is 10.6 Å². The topological polar surface area (TPSA) is 50.4 Å². The van der Waals surface area contributed by atoms with Crippen LogP contribution >= 0.6 is 0 Å². The fourth-order valence-electron chi connectivity index (χ4n) is 2.37. The van der Waals surface area contributed by atoms with Crippen LogP contribution in [0.5, 0.6) is 5.75 Å². The van der Waals surface area contributed by atoms with Crippen LogP contribution in [0.25, 0.3) is 0 Å². The van der Waals surface area contributed by atoms with Gasteiger partial charge in [-0.05, 0) is 54.6 Å². The molecule has 4 nitrogen and oxygen atoms in total. The van der Waals surface area contributed by atoms with Crippen molar-refractivity contribution in [2.75, 3.05) is 17.2 Å². The molecule has 0 bridgehead atoms. The number of para-hydroxylation sites is 1. The van der Waals surface area contributed by atoms with Gasteiger partial charge in [0, 0.05) is 17.1 Å². The molecule has 0 unspecified atom stereocenters. The van der Waals surface area contributed by atoms with Gasteiger partial charge in [-0.3, -0.25) is 4.79 Å². The summed E-state index contributed by atoms with van der Waals surface area (Å²) in [7, 11) is 0. The second kappa shape index (κ2) is 8.67. The van der Waals surface area contributed by atoms with E-state index in [0.29, 0.717) is 18.0 Å². The highest BCUT2D eigenvalue weighted by molar-refractivity contribution is 5.91. The number of carbonyl (C=O) groups excluding carboxylic acids is 1. The summed E-state index contributed by atoms with van der Waals surface area (Å²) in [6, 6.07) is 22.8. The Bertz CT molecular complexity index is 851. The molecule has 132 valence electrons. The Kier molecular flexibility index (Phi) is 5.83. The van der Waals surface area contributed by atoms with Crippen molar-refractivity contribution in [2.24, 2.45) is 0 Å². The molecule has 5 heteroatoms. The van der Waals surface area contributed by atoms with E-state index in [0.717, 1.165) is 11.4 Å². The summed E-state index contributed by atoms with van der Waals surface area (Å²) in [6.07, 6.45) is 0.262. The predicted molar refractivity (Wildman–Crippen MR) is 101 cm³/mol. The van der Waals surface area contributed by atoms with Gasteiger partial charge in [0.15, 0.2) is 0 Å². The zero-order chi connectivity index (χ0) is 18.2.